The second-order valence-electron chi connectivity index (χ2n) is 9.03. The van der Waals surface area contributed by atoms with Crippen LogP contribution in [-0.4, -0.2) is 60.4 Å². The zero-order valence-corrected chi connectivity index (χ0v) is 17.6. The first kappa shape index (κ1) is 20.8. The molecule has 2 aliphatic heterocycles. The lowest BCUT2D eigenvalue weighted by Crippen LogP contribution is -2.63. The fourth-order valence-electron chi connectivity index (χ4n) is 4.76. The Morgan fingerprint density at radius 2 is 1.89 bits per heavy atom. The lowest BCUT2D eigenvalue weighted by Gasteiger charge is -2.45. The molecule has 2 amide bonds. The SMILES string of the molecule is CC(C)C[C@H]1CC(=O)N(C2(C(=O)NCCc3ccccc3)CCN(C)CC2)C1. The van der Waals surface area contributed by atoms with E-state index in [4.69, 9.17) is 0 Å². The number of nitrogens with one attached hydrogen (secondary N) is 1. The van der Waals surface area contributed by atoms with Crippen molar-refractivity contribution in [3.8, 4) is 0 Å². The van der Waals surface area contributed by atoms with Crippen LogP contribution in [0.15, 0.2) is 30.3 Å². The largest absolute Gasteiger partial charge is 0.354 e. The van der Waals surface area contributed by atoms with Gasteiger partial charge in [0.25, 0.3) is 0 Å². The van der Waals surface area contributed by atoms with Crippen molar-refractivity contribution in [2.45, 2.75) is 51.5 Å². The molecule has 0 spiro atoms. The van der Waals surface area contributed by atoms with Gasteiger partial charge in [-0.1, -0.05) is 44.2 Å². The van der Waals surface area contributed by atoms with Crippen LogP contribution in [0.2, 0.25) is 0 Å². The van der Waals surface area contributed by atoms with E-state index in [0.29, 0.717) is 24.8 Å². The number of carbonyl (C=O) groups is 2. The topological polar surface area (TPSA) is 52.7 Å². The van der Waals surface area contributed by atoms with Crippen molar-refractivity contribution in [3.05, 3.63) is 35.9 Å². The summed E-state index contributed by atoms with van der Waals surface area (Å²) in [5.74, 6) is 1.15. The zero-order valence-electron chi connectivity index (χ0n) is 17.6. The molecular weight excluding hydrogens is 350 g/mol. The van der Waals surface area contributed by atoms with E-state index in [1.54, 1.807) is 0 Å². The van der Waals surface area contributed by atoms with Crippen LogP contribution >= 0.6 is 0 Å². The molecule has 1 atom stereocenters. The van der Waals surface area contributed by atoms with E-state index in [-0.39, 0.29) is 11.8 Å². The van der Waals surface area contributed by atoms with Crippen molar-refractivity contribution in [2.75, 3.05) is 33.2 Å². The second-order valence-corrected chi connectivity index (χ2v) is 9.03. The fourth-order valence-corrected chi connectivity index (χ4v) is 4.76. The Labute approximate surface area is 169 Å². The minimum absolute atomic E-state index is 0.0371. The Bertz CT molecular complexity index is 666. The molecule has 0 bridgehead atoms. The van der Waals surface area contributed by atoms with Gasteiger partial charge in [0.05, 0.1) is 0 Å². The molecule has 2 saturated heterocycles. The minimum Gasteiger partial charge on any atom is -0.354 e. The third-order valence-corrected chi connectivity index (χ3v) is 6.31. The van der Waals surface area contributed by atoms with Gasteiger partial charge in [-0.15, -0.1) is 0 Å². The van der Waals surface area contributed by atoms with Gasteiger partial charge >= 0.3 is 0 Å². The van der Waals surface area contributed by atoms with Gasteiger partial charge in [-0.25, -0.2) is 0 Å². The third-order valence-electron chi connectivity index (χ3n) is 6.31. The van der Waals surface area contributed by atoms with E-state index in [2.05, 4.69) is 43.2 Å². The van der Waals surface area contributed by atoms with E-state index in [0.717, 1.165) is 45.3 Å². The molecule has 5 nitrogen and oxygen atoms in total. The summed E-state index contributed by atoms with van der Waals surface area (Å²) in [6, 6.07) is 10.2. The van der Waals surface area contributed by atoms with Crippen LogP contribution in [0, 0.1) is 11.8 Å². The molecule has 5 heteroatoms. The third kappa shape index (κ3) is 4.75. The quantitative estimate of drug-likeness (QED) is 0.785. The molecule has 0 saturated carbocycles. The Hall–Kier alpha value is -1.88. The normalized spacial score (nSPS) is 22.6. The van der Waals surface area contributed by atoms with Gasteiger partial charge in [-0.05, 0) is 50.1 Å². The predicted octanol–water partition coefficient (Wildman–Crippen LogP) is 2.70. The van der Waals surface area contributed by atoms with Crippen molar-refractivity contribution in [1.82, 2.24) is 15.1 Å². The first-order chi connectivity index (χ1) is 13.4. The van der Waals surface area contributed by atoms with Gasteiger partial charge in [-0.3, -0.25) is 9.59 Å². The van der Waals surface area contributed by atoms with Crippen LogP contribution in [0.3, 0.4) is 0 Å². The minimum atomic E-state index is -0.675. The highest BCUT2D eigenvalue weighted by Gasteiger charge is 2.50. The van der Waals surface area contributed by atoms with Crippen LogP contribution in [0.1, 0.15) is 45.1 Å². The van der Waals surface area contributed by atoms with E-state index in [1.165, 1.54) is 5.56 Å². The maximum Gasteiger partial charge on any atom is 0.246 e. The molecule has 0 aromatic heterocycles. The van der Waals surface area contributed by atoms with Crippen LogP contribution in [-0.2, 0) is 16.0 Å². The zero-order chi connectivity index (χ0) is 20.1. The summed E-state index contributed by atoms with van der Waals surface area (Å²) in [4.78, 5) is 30.4. The van der Waals surface area contributed by atoms with Crippen molar-refractivity contribution in [2.24, 2.45) is 11.8 Å². The summed E-state index contributed by atoms with van der Waals surface area (Å²) < 4.78 is 0. The van der Waals surface area contributed by atoms with Crippen molar-refractivity contribution in [1.29, 1.82) is 0 Å². The van der Waals surface area contributed by atoms with Gasteiger partial charge < -0.3 is 15.1 Å². The highest BCUT2D eigenvalue weighted by Crippen LogP contribution is 2.36. The van der Waals surface area contributed by atoms with Gasteiger partial charge in [0.1, 0.15) is 5.54 Å². The summed E-state index contributed by atoms with van der Waals surface area (Å²) >= 11 is 0. The molecule has 0 unspecified atom stereocenters. The highest BCUT2D eigenvalue weighted by molar-refractivity contribution is 5.92. The number of hydrogen-bond acceptors (Lipinski definition) is 3. The van der Waals surface area contributed by atoms with Crippen molar-refractivity contribution in [3.63, 3.8) is 0 Å². The molecule has 2 aliphatic rings. The number of hydrogen-bond donors (Lipinski definition) is 1. The Balaban J connectivity index is 1.69. The molecule has 2 fully saturated rings. The lowest BCUT2D eigenvalue weighted by atomic mass is 9.84. The molecule has 2 heterocycles. The molecule has 3 rings (SSSR count). The average molecular weight is 386 g/mol. The number of rotatable bonds is 7. The van der Waals surface area contributed by atoms with Crippen LogP contribution in [0.4, 0.5) is 0 Å². The van der Waals surface area contributed by atoms with E-state index in [9.17, 15) is 9.59 Å². The van der Waals surface area contributed by atoms with Crippen LogP contribution in [0.5, 0.6) is 0 Å². The molecule has 154 valence electrons. The van der Waals surface area contributed by atoms with Gasteiger partial charge in [0.15, 0.2) is 0 Å². The Morgan fingerprint density at radius 1 is 1.21 bits per heavy atom. The summed E-state index contributed by atoms with van der Waals surface area (Å²) in [7, 11) is 2.09. The first-order valence-corrected chi connectivity index (χ1v) is 10.7. The van der Waals surface area contributed by atoms with E-state index < -0.39 is 5.54 Å². The molecular formula is C23H35N3O2. The van der Waals surface area contributed by atoms with Crippen molar-refractivity contribution < 1.29 is 9.59 Å². The van der Waals surface area contributed by atoms with Crippen molar-refractivity contribution >= 4 is 11.8 Å². The maximum atomic E-state index is 13.4. The molecule has 28 heavy (non-hydrogen) atoms. The molecule has 1 N–H and O–H groups in total. The Morgan fingerprint density at radius 3 is 2.54 bits per heavy atom. The van der Waals surface area contributed by atoms with Gasteiger partial charge in [0, 0.05) is 32.6 Å². The highest BCUT2D eigenvalue weighted by atomic mass is 16.2. The number of piperidine rings is 1. The summed E-state index contributed by atoms with van der Waals surface area (Å²) in [5.41, 5.74) is 0.543. The standard InChI is InChI=1S/C23H35N3O2/c1-18(2)15-20-16-21(27)26(17-20)23(10-13-25(3)14-11-23)22(28)24-12-9-19-7-5-4-6-8-19/h4-8,18,20H,9-17H2,1-3H3,(H,24,28)/t20-/m0/s1. The smallest absolute Gasteiger partial charge is 0.246 e. The maximum absolute atomic E-state index is 13.4. The molecule has 1 aromatic rings. The first-order valence-electron chi connectivity index (χ1n) is 10.7. The fraction of sp³-hybridized carbons (Fsp3) is 0.652. The van der Waals surface area contributed by atoms with Crippen LogP contribution < -0.4 is 5.32 Å². The predicted molar refractivity (Wildman–Crippen MR) is 112 cm³/mol. The number of benzene rings is 1. The average Bonchev–Trinajstić information content (AvgIpc) is 3.03. The summed E-state index contributed by atoms with van der Waals surface area (Å²) in [6.45, 7) is 7.45. The summed E-state index contributed by atoms with van der Waals surface area (Å²) in [5, 5.41) is 3.16. The van der Waals surface area contributed by atoms with Gasteiger partial charge in [-0.2, -0.15) is 0 Å². The number of likely N-dealkylation sites (tertiary alicyclic amines) is 2. The summed E-state index contributed by atoms with van der Waals surface area (Å²) in [6.07, 6.45) is 3.90. The molecule has 0 aliphatic carbocycles. The molecule has 0 radical (unpaired) electrons. The van der Waals surface area contributed by atoms with E-state index >= 15 is 0 Å². The number of amides is 2. The van der Waals surface area contributed by atoms with Crippen LogP contribution in [0.25, 0.3) is 0 Å². The van der Waals surface area contributed by atoms with E-state index in [1.807, 2.05) is 23.1 Å². The number of carbonyl (C=O) groups excluding carboxylic acids is 2. The molecule has 1 aromatic carbocycles. The Kier molecular flexibility index (Phi) is 6.76. The lowest BCUT2D eigenvalue weighted by molar-refractivity contribution is -0.148. The monoisotopic (exact) mass is 385 g/mol. The second kappa shape index (κ2) is 9.08. The number of nitrogens with zero attached hydrogens (tertiary/aromatic N) is 2. The van der Waals surface area contributed by atoms with Gasteiger partial charge in [0.2, 0.25) is 11.8 Å².